The third-order valence-electron chi connectivity index (χ3n) is 4.93. The molecule has 142 valence electrons. The van der Waals surface area contributed by atoms with E-state index in [2.05, 4.69) is 11.9 Å². The van der Waals surface area contributed by atoms with Crippen LogP contribution in [0.1, 0.15) is 6.42 Å². The maximum atomic E-state index is 13.1. The Morgan fingerprint density at radius 1 is 1.19 bits per heavy atom. The van der Waals surface area contributed by atoms with Crippen LogP contribution in [0.5, 0.6) is 0 Å². The van der Waals surface area contributed by atoms with Crippen LogP contribution >= 0.6 is 23.1 Å². The summed E-state index contributed by atoms with van der Waals surface area (Å²) >= 11 is 2.97. The van der Waals surface area contributed by atoms with Gasteiger partial charge in [-0.25, -0.2) is 8.42 Å². The van der Waals surface area contributed by atoms with Crippen LogP contribution in [0.4, 0.5) is 0 Å². The SMILES string of the molecule is C=CC(=O)NC1CC2CN(S(=O)(=O)c3ccc(-c4ccccc4)s3)CC2S1. The van der Waals surface area contributed by atoms with Crippen molar-refractivity contribution in [1.82, 2.24) is 9.62 Å². The molecule has 0 spiro atoms. The van der Waals surface area contributed by atoms with Crippen molar-refractivity contribution >= 4 is 39.0 Å². The second kappa shape index (κ2) is 7.43. The van der Waals surface area contributed by atoms with E-state index in [0.29, 0.717) is 17.3 Å². The topological polar surface area (TPSA) is 66.5 Å². The molecule has 0 aliphatic carbocycles. The molecule has 3 atom stereocenters. The number of nitrogens with zero attached hydrogens (tertiary/aromatic N) is 1. The molecule has 2 fully saturated rings. The quantitative estimate of drug-likeness (QED) is 0.755. The predicted molar refractivity (Wildman–Crippen MR) is 110 cm³/mol. The summed E-state index contributed by atoms with van der Waals surface area (Å²) in [6.07, 6.45) is 2.06. The minimum atomic E-state index is -3.48. The van der Waals surface area contributed by atoms with E-state index in [4.69, 9.17) is 0 Å². The van der Waals surface area contributed by atoms with E-state index in [1.165, 1.54) is 17.4 Å². The monoisotopic (exact) mass is 420 g/mol. The third kappa shape index (κ3) is 3.71. The van der Waals surface area contributed by atoms with Gasteiger partial charge in [-0.1, -0.05) is 36.9 Å². The molecule has 4 rings (SSSR count). The molecule has 3 heterocycles. The highest BCUT2D eigenvalue weighted by molar-refractivity contribution is 8.00. The maximum absolute atomic E-state index is 13.1. The lowest BCUT2D eigenvalue weighted by atomic mass is 10.1. The number of thioether (sulfide) groups is 1. The Bertz CT molecular complexity index is 942. The molecule has 0 radical (unpaired) electrons. The summed E-state index contributed by atoms with van der Waals surface area (Å²) in [5, 5.41) is 3.17. The van der Waals surface area contributed by atoms with Gasteiger partial charge in [0.25, 0.3) is 10.0 Å². The van der Waals surface area contributed by atoms with Gasteiger partial charge in [0.1, 0.15) is 4.21 Å². The first-order valence-corrected chi connectivity index (χ1v) is 11.9. The Morgan fingerprint density at radius 3 is 2.67 bits per heavy atom. The van der Waals surface area contributed by atoms with E-state index in [9.17, 15) is 13.2 Å². The van der Waals surface area contributed by atoms with Crippen molar-refractivity contribution in [3.63, 3.8) is 0 Å². The lowest BCUT2D eigenvalue weighted by Crippen LogP contribution is -2.33. The van der Waals surface area contributed by atoms with E-state index in [-0.39, 0.29) is 22.4 Å². The first kappa shape index (κ1) is 18.7. The van der Waals surface area contributed by atoms with Gasteiger partial charge >= 0.3 is 0 Å². The van der Waals surface area contributed by atoms with Gasteiger partial charge in [-0.2, -0.15) is 4.31 Å². The summed E-state index contributed by atoms with van der Waals surface area (Å²) in [5.41, 5.74) is 1.03. The van der Waals surface area contributed by atoms with Crippen LogP contribution < -0.4 is 5.32 Å². The average Bonchev–Trinajstić information content (AvgIpc) is 3.37. The molecule has 2 aliphatic heterocycles. The van der Waals surface area contributed by atoms with Crippen molar-refractivity contribution in [2.75, 3.05) is 13.1 Å². The molecule has 3 unspecified atom stereocenters. The number of rotatable bonds is 5. The smallest absolute Gasteiger partial charge is 0.252 e. The van der Waals surface area contributed by atoms with Crippen molar-refractivity contribution < 1.29 is 13.2 Å². The Morgan fingerprint density at radius 2 is 1.96 bits per heavy atom. The van der Waals surface area contributed by atoms with Crippen LogP contribution in [0.25, 0.3) is 10.4 Å². The van der Waals surface area contributed by atoms with Gasteiger partial charge in [-0.3, -0.25) is 4.79 Å². The van der Waals surface area contributed by atoms with Crippen LogP contribution in [0, 0.1) is 5.92 Å². The number of carbonyl (C=O) groups excluding carboxylic acids is 1. The molecule has 2 aliphatic rings. The van der Waals surface area contributed by atoms with Gasteiger partial charge in [0.15, 0.2) is 0 Å². The number of fused-ring (bicyclic) bond motifs is 1. The molecular weight excluding hydrogens is 400 g/mol. The van der Waals surface area contributed by atoms with Crippen molar-refractivity contribution in [2.24, 2.45) is 5.92 Å². The number of hydrogen-bond donors (Lipinski definition) is 1. The van der Waals surface area contributed by atoms with E-state index >= 15 is 0 Å². The summed E-state index contributed by atoms with van der Waals surface area (Å²) < 4.78 is 28.1. The van der Waals surface area contributed by atoms with E-state index < -0.39 is 10.0 Å². The summed E-state index contributed by atoms with van der Waals surface area (Å²) in [7, 11) is -3.48. The fraction of sp³-hybridized carbons (Fsp3) is 0.316. The average molecular weight is 421 g/mol. The minimum Gasteiger partial charge on any atom is -0.341 e. The summed E-state index contributed by atoms with van der Waals surface area (Å²) in [6, 6.07) is 13.4. The highest BCUT2D eigenvalue weighted by Gasteiger charge is 2.46. The predicted octanol–water partition coefficient (Wildman–Crippen LogP) is 3.17. The first-order chi connectivity index (χ1) is 13.0. The molecule has 2 saturated heterocycles. The summed E-state index contributed by atoms with van der Waals surface area (Å²) in [5.74, 6) is 0.0948. The Kier molecular flexibility index (Phi) is 5.15. The third-order valence-corrected chi connectivity index (χ3v) is 9.88. The van der Waals surface area contributed by atoms with Crippen molar-refractivity contribution in [3.05, 3.63) is 55.1 Å². The Hall–Kier alpha value is -1.61. The normalized spacial score (nSPS) is 25.3. The molecule has 0 bridgehead atoms. The lowest BCUT2D eigenvalue weighted by molar-refractivity contribution is -0.116. The summed E-state index contributed by atoms with van der Waals surface area (Å²) in [4.78, 5) is 12.4. The van der Waals surface area contributed by atoms with Gasteiger partial charge < -0.3 is 5.32 Å². The largest absolute Gasteiger partial charge is 0.341 e. The highest BCUT2D eigenvalue weighted by Crippen LogP contribution is 2.44. The number of hydrogen-bond acceptors (Lipinski definition) is 5. The van der Waals surface area contributed by atoms with Crippen LogP contribution in [-0.2, 0) is 14.8 Å². The first-order valence-electron chi connectivity index (χ1n) is 8.71. The maximum Gasteiger partial charge on any atom is 0.252 e. The zero-order valence-electron chi connectivity index (χ0n) is 14.6. The number of benzene rings is 1. The molecule has 27 heavy (non-hydrogen) atoms. The van der Waals surface area contributed by atoms with Gasteiger partial charge in [0.2, 0.25) is 5.91 Å². The lowest BCUT2D eigenvalue weighted by Gasteiger charge is -2.18. The summed E-state index contributed by atoms with van der Waals surface area (Å²) in [6.45, 7) is 4.48. The van der Waals surface area contributed by atoms with Crippen molar-refractivity contribution in [1.29, 1.82) is 0 Å². The van der Waals surface area contributed by atoms with Gasteiger partial charge in [0.05, 0.1) is 5.37 Å². The molecule has 2 aromatic rings. The zero-order valence-corrected chi connectivity index (χ0v) is 17.0. The Balaban J connectivity index is 1.45. The molecule has 8 heteroatoms. The second-order valence-corrected chi connectivity index (χ2v) is 11.4. The van der Waals surface area contributed by atoms with Crippen LogP contribution in [-0.4, -0.2) is 42.3 Å². The van der Waals surface area contributed by atoms with Crippen molar-refractivity contribution in [2.45, 2.75) is 21.3 Å². The molecule has 1 amide bonds. The van der Waals surface area contributed by atoms with E-state index in [0.717, 1.165) is 16.9 Å². The number of carbonyl (C=O) groups is 1. The standard InChI is InChI=1S/C19H20N2O3S3/c1-2-17(22)20-18-10-14-11-21(12-16(14)25-18)27(23,24)19-9-8-15(26-19)13-6-4-3-5-7-13/h2-9,14,16,18H,1,10-12H2,(H,20,22). The highest BCUT2D eigenvalue weighted by atomic mass is 32.2. The second-order valence-electron chi connectivity index (χ2n) is 6.68. The number of sulfonamides is 1. The van der Waals surface area contributed by atoms with Crippen molar-refractivity contribution in [3.8, 4) is 10.4 Å². The van der Waals surface area contributed by atoms with Crippen LogP contribution in [0.2, 0.25) is 0 Å². The molecule has 0 saturated carbocycles. The van der Waals surface area contributed by atoms with Gasteiger partial charge in [-0.05, 0) is 36.1 Å². The fourth-order valence-corrected chi connectivity index (χ4v) is 8.31. The minimum absolute atomic E-state index is 0.0433. The molecule has 1 aromatic carbocycles. The van der Waals surface area contributed by atoms with E-state index in [1.54, 1.807) is 22.1 Å². The molecule has 5 nitrogen and oxygen atoms in total. The fourth-order valence-electron chi connectivity index (χ4n) is 3.58. The zero-order chi connectivity index (χ0) is 19.0. The number of nitrogens with one attached hydrogen (secondary N) is 1. The van der Waals surface area contributed by atoms with Gasteiger partial charge in [-0.15, -0.1) is 23.1 Å². The van der Waals surface area contributed by atoms with E-state index in [1.807, 2.05) is 36.4 Å². The Labute approximate surface area is 167 Å². The molecular formula is C19H20N2O3S3. The number of amides is 1. The van der Waals surface area contributed by atoms with Gasteiger partial charge in [0, 0.05) is 23.2 Å². The molecule has 1 N–H and O–H groups in total. The van der Waals surface area contributed by atoms with Crippen LogP contribution in [0.3, 0.4) is 0 Å². The number of thiophene rings is 1. The molecule has 1 aromatic heterocycles. The van der Waals surface area contributed by atoms with Crippen LogP contribution in [0.15, 0.2) is 59.3 Å².